The molecule has 0 fully saturated rings. The maximum absolute atomic E-state index is 11.9. The van der Waals surface area contributed by atoms with Gasteiger partial charge in [0.15, 0.2) is 11.5 Å². The molecule has 1 aromatic rings. The number of carboxylic acid groups (broad SMARTS) is 1. The number of hydrogen-bond donors (Lipinski definition) is 3. The molecule has 23 heavy (non-hydrogen) atoms. The number of carbonyl (C=O) groups excluding carboxylic acids is 1. The molecular formula is C15H22N2O6. The largest absolute Gasteiger partial charge is 0.493 e. The van der Waals surface area contributed by atoms with Crippen LogP contribution in [0.4, 0.5) is 10.5 Å². The van der Waals surface area contributed by atoms with Crippen molar-refractivity contribution in [3.63, 3.8) is 0 Å². The number of methoxy groups -OCH3 is 2. The van der Waals surface area contributed by atoms with E-state index in [1.54, 1.807) is 20.8 Å². The summed E-state index contributed by atoms with van der Waals surface area (Å²) >= 11 is 0. The predicted octanol–water partition coefficient (Wildman–Crippen LogP) is 2.14. The van der Waals surface area contributed by atoms with Crippen LogP contribution in [-0.2, 0) is 9.53 Å². The van der Waals surface area contributed by atoms with Gasteiger partial charge in [-0.2, -0.15) is 0 Å². The summed E-state index contributed by atoms with van der Waals surface area (Å²) in [5, 5.41) is 11.6. The van der Waals surface area contributed by atoms with Crippen LogP contribution in [0.25, 0.3) is 0 Å². The van der Waals surface area contributed by atoms with Gasteiger partial charge in [0.2, 0.25) is 0 Å². The maximum atomic E-state index is 11.9. The van der Waals surface area contributed by atoms with Crippen molar-refractivity contribution in [3.05, 3.63) is 17.7 Å². The van der Waals surface area contributed by atoms with Crippen LogP contribution in [0.15, 0.2) is 12.1 Å². The second-order valence-corrected chi connectivity index (χ2v) is 5.74. The maximum Gasteiger partial charge on any atom is 0.412 e. The number of hydrogen-bond acceptors (Lipinski definition) is 6. The highest BCUT2D eigenvalue weighted by atomic mass is 16.6. The molecule has 0 aliphatic rings. The molecule has 0 aromatic heterocycles. The zero-order chi connectivity index (χ0) is 17.8. The van der Waals surface area contributed by atoms with Gasteiger partial charge in [-0.15, -0.1) is 0 Å². The quantitative estimate of drug-likeness (QED) is 0.758. The fourth-order valence-electron chi connectivity index (χ4n) is 1.81. The van der Waals surface area contributed by atoms with Crippen molar-refractivity contribution in [2.45, 2.75) is 32.4 Å². The van der Waals surface area contributed by atoms with Crippen LogP contribution in [-0.4, -0.2) is 37.0 Å². The summed E-state index contributed by atoms with van der Waals surface area (Å²) in [6.07, 6.45) is -0.733. The molecule has 0 aliphatic heterocycles. The number of benzene rings is 1. The first kappa shape index (κ1) is 18.6. The second-order valence-electron chi connectivity index (χ2n) is 5.74. The molecule has 0 saturated carbocycles. The summed E-state index contributed by atoms with van der Waals surface area (Å²) in [7, 11) is 2.83. The third-order valence-electron chi connectivity index (χ3n) is 2.79. The molecule has 1 amide bonds. The first-order valence-corrected chi connectivity index (χ1v) is 6.83. The number of carbonyl (C=O) groups is 2. The lowest BCUT2D eigenvalue weighted by molar-refractivity contribution is -0.138. The summed E-state index contributed by atoms with van der Waals surface area (Å²) in [6, 6.07) is 1.49. The first-order chi connectivity index (χ1) is 10.6. The fourth-order valence-corrected chi connectivity index (χ4v) is 1.81. The second kappa shape index (κ2) is 7.19. The normalized spacial score (nSPS) is 12.3. The molecule has 1 rings (SSSR count). The Labute approximate surface area is 134 Å². The van der Waals surface area contributed by atoms with Crippen LogP contribution < -0.4 is 20.5 Å². The van der Waals surface area contributed by atoms with Crippen molar-refractivity contribution in [3.8, 4) is 11.5 Å². The Balaban J connectivity index is 3.26. The number of rotatable bonds is 5. The zero-order valence-corrected chi connectivity index (χ0v) is 13.8. The van der Waals surface area contributed by atoms with Crippen molar-refractivity contribution >= 4 is 17.7 Å². The smallest absolute Gasteiger partial charge is 0.412 e. The van der Waals surface area contributed by atoms with Crippen molar-refractivity contribution in [1.82, 2.24) is 0 Å². The van der Waals surface area contributed by atoms with Crippen LogP contribution in [0.3, 0.4) is 0 Å². The number of carboxylic acids is 1. The topological polar surface area (TPSA) is 120 Å². The van der Waals surface area contributed by atoms with E-state index in [1.165, 1.54) is 26.4 Å². The van der Waals surface area contributed by atoms with E-state index in [4.69, 9.17) is 25.1 Å². The fraction of sp³-hybridized carbons (Fsp3) is 0.467. The van der Waals surface area contributed by atoms with Crippen molar-refractivity contribution in [1.29, 1.82) is 0 Å². The number of anilines is 1. The summed E-state index contributed by atoms with van der Waals surface area (Å²) in [5.41, 5.74) is 5.31. The van der Waals surface area contributed by atoms with Gasteiger partial charge in [0.05, 0.1) is 19.9 Å². The SMILES string of the molecule is COc1cc(NC(=O)OC(C)(C)C)c(C(N)C(=O)O)cc1OC. The van der Waals surface area contributed by atoms with Crippen molar-refractivity contribution < 1.29 is 28.9 Å². The van der Waals surface area contributed by atoms with E-state index < -0.39 is 23.7 Å². The van der Waals surface area contributed by atoms with Gasteiger partial charge in [0, 0.05) is 11.6 Å². The van der Waals surface area contributed by atoms with Crippen LogP contribution in [0.2, 0.25) is 0 Å². The van der Waals surface area contributed by atoms with Gasteiger partial charge in [0.1, 0.15) is 11.6 Å². The Morgan fingerprint density at radius 3 is 2.13 bits per heavy atom. The van der Waals surface area contributed by atoms with E-state index in [1.807, 2.05) is 0 Å². The number of aliphatic carboxylic acids is 1. The molecule has 0 saturated heterocycles. The Morgan fingerprint density at radius 2 is 1.70 bits per heavy atom. The molecule has 128 valence electrons. The number of ether oxygens (including phenoxy) is 3. The van der Waals surface area contributed by atoms with E-state index in [0.717, 1.165) is 0 Å². The lowest BCUT2D eigenvalue weighted by Crippen LogP contribution is -2.28. The average Bonchev–Trinajstić information content (AvgIpc) is 2.43. The molecule has 0 bridgehead atoms. The summed E-state index contributed by atoms with van der Waals surface area (Å²) in [4.78, 5) is 23.1. The summed E-state index contributed by atoms with van der Waals surface area (Å²) < 4.78 is 15.4. The van der Waals surface area contributed by atoms with E-state index in [-0.39, 0.29) is 11.3 Å². The van der Waals surface area contributed by atoms with Crippen molar-refractivity contribution in [2.24, 2.45) is 5.73 Å². The van der Waals surface area contributed by atoms with Gasteiger partial charge in [-0.3, -0.25) is 10.1 Å². The molecular weight excluding hydrogens is 304 g/mol. The summed E-state index contributed by atoms with van der Waals surface area (Å²) in [6.45, 7) is 5.14. The third kappa shape index (κ3) is 5.03. The number of amides is 1. The van der Waals surface area contributed by atoms with Gasteiger partial charge in [-0.1, -0.05) is 0 Å². The highest BCUT2D eigenvalue weighted by Gasteiger charge is 2.24. The molecule has 1 unspecified atom stereocenters. The van der Waals surface area contributed by atoms with E-state index in [9.17, 15) is 9.59 Å². The molecule has 1 aromatic carbocycles. The van der Waals surface area contributed by atoms with E-state index >= 15 is 0 Å². The van der Waals surface area contributed by atoms with Gasteiger partial charge < -0.3 is 25.1 Å². The minimum Gasteiger partial charge on any atom is -0.493 e. The Morgan fingerprint density at radius 1 is 1.17 bits per heavy atom. The van der Waals surface area contributed by atoms with Crippen molar-refractivity contribution in [2.75, 3.05) is 19.5 Å². The summed E-state index contributed by atoms with van der Waals surface area (Å²) in [5.74, 6) is -0.627. The molecule has 0 radical (unpaired) electrons. The Bertz CT molecular complexity index is 594. The third-order valence-corrected chi connectivity index (χ3v) is 2.79. The van der Waals surface area contributed by atoms with Gasteiger partial charge in [-0.05, 0) is 26.8 Å². The highest BCUT2D eigenvalue weighted by molar-refractivity contribution is 5.89. The van der Waals surface area contributed by atoms with Crippen LogP contribution in [0.1, 0.15) is 32.4 Å². The lowest BCUT2D eigenvalue weighted by atomic mass is 10.0. The van der Waals surface area contributed by atoms with Gasteiger partial charge in [-0.25, -0.2) is 4.79 Å². The molecule has 0 aliphatic carbocycles. The Kier molecular flexibility index (Phi) is 5.80. The lowest BCUT2D eigenvalue weighted by Gasteiger charge is -2.22. The van der Waals surface area contributed by atoms with Gasteiger partial charge >= 0.3 is 12.1 Å². The van der Waals surface area contributed by atoms with Crippen LogP contribution in [0, 0.1) is 0 Å². The minimum absolute atomic E-state index is 0.168. The highest BCUT2D eigenvalue weighted by Crippen LogP contribution is 2.36. The van der Waals surface area contributed by atoms with Crippen LogP contribution >= 0.6 is 0 Å². The predicted molar refractivity (Wildman–Crippen MR) is 84.0 cm³/mol. The van der Waals surface area contributed by atoms with E-state index in [2.05, 4.69) is 5.32 Å². The zero-order valence-electron chi connectivity index (χ0n) is 13.8. The molecule has 1 atom stereocenters. The number of nitrogens with one attached hydrogen (secondary N) is 1. The van der Waals surface area contributed by atoms with E-state index in [0.29, 0.717) is 11.5 Å². The molecule has 4 N–H and O–H groups in total. The molecule has 8 heteroatoms. The monoisotopic (exact) mass is 326 g/mol. The molecule has 0 heterocycles. The van der Waals surface area contributed by atoms with Crippen LogP contribution in [0.5, 0.6) is 11.5 Å². The Hall–Kier alpha value is -2.48. The molecule has 8 nitrogen and oxygen atoms in total. The number of nitrogens with two attached hydrogens (primary N) is 1. The molecule has 0 spiro atoms. The standard InChI is InChI=1S/C15H22N2O6/c1-15(2,3)23-14(20)17-9-7-11(22-5)10(21-4)6-8(9)12(16)13(18)19/h6-7,12H,16H2,1-5H3,(H,17,20)(H,18,19). The first-order valence-electron chi connectivity index (χ1n) is 6.83. The minimum atomic E-state index is -1.35. The van der Waals surface area contributed by atoms with Gasteiger partial charge in [0.25, 0.3) is 0 Å². The average molecular weight is 326 g/mol.